The number of nitrogens with zero attached hydrogens (tertiary/aromatic N) is 3. The summed E-state index contributed by atoms with van der Waals surface area (Å²) in [5.41, 5.74) is -2.89. The Hall–Kier alpha value is -1.16. The third kappa shape index (κ3) is 5.06. The van der Waals surface area contributed by atoms with Gasteiger partial charge in [0, 0.05) is 36.3 Å². The molecule has 0 amide bonds. The average molecular weight is 445 g/mol. The number of amidine groups is 1. The van der Waals surface area contributed by atoms with Crippen LogP contribution in [0.3, 0.4) is 0 Å². The maximum absolute atomic E-state index is 14.4. The first kappa shape index (κ1) is 23.1. The molecule has 1 heterocycles. The first-order valence-corrected chi connectivity index (χ1v) is 10.8. The number of anilines is 1. The minimum absolute atomic E-state index is 0.219. The van der Waals surface area contributed by atoms with Crippen LogP contribution in [0.15, 0.2) is 52.5 Å². The SMILES string of the molecule is CCCSc1ccccc1C(=NC)N(C)c1ccc(C(F)(P)C(F)(F)P)cn1. The van der Waals surface area contributed by atoms with E-state index >= 15 is 0 Å². The summed E-state index contributed by atoms with van der Waals surface area (Å²) in [5.74, 6) is 2.15. The molecule has 3 unspecified atom stereocenters. The lowest BCUT2D eigenvalue weighted by Crippen LogP contribution is -2.31. The van der Waals surface area contributed by atoms with Gasteiger partial charge < -0.3 is 4.90 Å². The maximum Gasteiger partial charge on any atom is 0.299 e. The molecule has 0 N–H and O–H groups in total. The van der Waals surface area contributed by atoms with Crippen LogP contribution in [0.1, 0.15) is 24.5 Å². The Morgan fingerprint density at radius 2 is 1.86 bits per heavy atom. The van der Waals surface area contributed by atoms with Gasteiger partial charge in [0.25, 0.3) is 5.66 Å². The summed E-state index contributed by atoms with van der Waals surface area (Å²) >= 11 is 1.75. The lowest BCUT2D eigenvalue weighted by molar-refractivity contribution is -0.0115. The zero-order valence-corrected chi connectivity index (χ0v) is 19.1. The molecule has 1 aromatic carbocycles. The van der Waals surface area contributed by atoms with Crippen LogP contribution < -0.4 is 4.90 Å². The van der Waals surface area contributed by atoms with Gasteiger partial charge in [-0.05, 0) is 24.3 Å². The van der Waals surface area contributed by atoms with Crippen LogP contribution in [-0.2, 0) is 5.41 Å². The Bertz CT molecular complexity index is 824. The highest BCUT2D eigenvalue weighted by Gasteiger charge is 2.49. The van der Waals surface area contributed by atoms with Crippen LogP contribution in [0, 0.1) is 0 Å². The summed E-state index contributed by atoms with van der Waals surface area (Å²) in [6.45, 7) is 2.12. The van der Waals surface area contributed by atoms with Gasteiger partial charge in [-0.25, -0.2) is 9.37 Å². The molecule has 0 fully saturated rings. The van der Waals surface area contributed by atoms with Crippen LogP contribution in [0.25, 0.3) is 0 Å². The molecule has 152 valence electrons. The van der Waals surface area contributed by atoms with Crippen molar-refractivity contribution in [2.45, 2.75) is 29.3 Å². The average Bonchev–Trinajstić information content (AvgIpc) is 2.67. The van der Waals surface area contributed by atoms with E-state index in [1.807, 2.05) is 24.3 Å². The molecule has 0 aliphatic rings. The molecule has 0 saturated heterocycles. The Morgan fingerprint density at radius 3 is 2.39 bits per heavy atom. The number of halogens is 3. The van der Waals surface area contributed by atoms with Crippen molar-refractivity contribution in [3.05, 3.63) is 53.7 Å². The van der Waals surface area contributed by atoms with Crippen molar-refractivity contribution in [3.8, 4) is 0 Å². The summed E-state index contributed by atoms with van der Waals surface area (Å²) < 4.78 is 41.4. The van der Waals surface area contributed by atoms with E-state index < -0.39 is 11.1 Å². The minimum Gasteiger partial charge on any atom is -0.314 e. The largest absolute Gasteiger partial charge is 0.314 e. The van der Waals surface area contributed by atoms with Gasteiger partial charge in [0.05, 0.1) is 0 Å². The van der Waals surface area contributed by atoms with E-state index in [-0.39, 0.29) is 5.56 Å². The van der Waals surface area contributed by atoms with Gasteiger partial charge in [0.2, 0.25) is 5.41 Å². The highest BCUT2D eigenvalue weighted by Crippen LogP contribution is 2.50. The molecule has 0 bridgehead atoms. The van der Waals surface area contributed by atoms with Gasteiger partial charge in [-0.1, -0.05) is 49.7 Å². The monoisotopic (exact) mass is 445 g/mol. The second-order valence-electron chi connectivity index (χ2n) is 6.19. The van der Waals surface area contributed by atoms with Gasteiger partial charge in [0.1, 0.15) is 11.7 Å². The van der Waals surface area contributed by atoms with Gasteiger partial charge in [-0.3, -0.25) is 4.99 Å². The molecule has 0 radical (unpaired) electrons. The highest BCUT2D eigenvalue weighted by molar-refractivity contribution is 7.99. The number of aromatic nitrogens is 1. The standard InChI is InChI=1S/C19H24F3N3P2S/c1-4-11-28-15-8-6-5-7-14(15)17(23-2)25(3)16-10-9-13(12-24-16)18(20,26)19(21,22)27/h5-10,12H,4,11,26-27H2,1-3H3. The fourth-order valence-electron chi connectivity index (χ4n) is 2.54. The van der Waals surface area contributed by atoms with Crippen molar-refractivity contribution >= 4 is 41.9 Å². The van der Waals surface area contributed by atoms with E-state index in [1.165, 1.54) is 21.4 Å². The molecular formula is C19H24F3N3P2S. The predicted octanol–water partition coefficient (Wildman–Crippen LogP) is 5.56. The van der Waals surface area contributed by atoms with Gasteiger partial charge in [-0.15, -0.1) is 11.8 Å². The number of hydrogen-bond donors (Lipinski definition) is 0. The predicted molar refractivity (Wildman–Crippen MR) is 120 cm³/mol. The summed E-state index contributed by atoms with van der Waals surface area (Å²) in [4.78, 5) is 11.4. The third-order valence-corrected chi connectivity index (χ3v) is 6.87. The fraction of sp³-hybridized carbons (Fsp3) is 0.368. The second kappa shape index (κ2) is 9.56. The highest BCUT2D eigenvalue weighted by atomic mass is 32.2. The topological polar surface area (TPSA) is 28.5 Å². The van der Waals surface area contributed by atoms with Crippen LogP contribution in [0.4, 0.5) is 19.0 Å². The van der Waals surface area contributed by atoms with Crippen molar-refractivity contribution < 1.29 is 13.2 Å². The number of pyridine rings is 1. The summed E-state index contributed by atoms with van der Waals surface area (Å²) in [6, 6.07) is 10.8. The summed E-state index contributed by atoms with van der Waals surface area (Å²) in [7, 11) is 6.28. The molecule has 0 saturated carbocycles. The molecule has 0 aliphatic heterocycles. The van der Waals surface area contributed by atoms with Crippen molar-refractivity contribution in [1.29, 1.82) is 0 Å². The molecule has 3 nitrogen and oxygen atoms in total. The molecule has 28 heavy (non-hydrogen) atoms. The van der Waals surface area contributed by atoms with Gasteiger partial charge >= 0.3 is 0 Å². The Morgan fingerprint density at radius 1 is 1.18 bits per heavy atom. The van der Waals surface area contributed by atoms with Crippen molar-refractivity contribution in [1.82, 2.24) is 4.98 Å². The third-order valence-electron chi connectivity index (χ3n) is 4.12. The van der Waals surface area contributed by atoms with E-state index in [2.05, 4.69) is 16.9 Å². The summed E-state index contributed by atoms with van der Waals surface area (Å²) in [5, 5.41) is -2.91. The number of rotatable bonds is 7. The Kier molecular flexibility index (Phi) is 7.89. The fourth-order valence-corrected chi connectivity index (χ4v) is 3.79. The zero-order valence-electron chi connectivity index (χ0n) is 16.0. The van der Waals surface area contributed by atoms with Crippen molar-refractivity contribution in [3.63, 3.8) is 0 Å². The van der Waals surface area contributed by atoms with Crippen molar-refractivity contribution in [2.75, 3.05) is 24.7 Å². The Balaban J connectivity index is 2.34. The number of hydrogen-bond acceptors (Lipinski definition) is 3. The zero-order chi connectivity index (χ0) is 20.9. The number of aliphatic imine (C=N–C) groups is 1. The normalized spacial score (nSPS) is 14.6. The number of alkyl halides is 3. The van der Waals surface area contributed by atoms with E-state index in [1.54, 1.807) is 40.0 Å². The molecular weight excluding hydrogens is 421 g/mol. The van der Waals surface area contributed by atoms with E-state index in [0.29, 0.717) is 11.7 Å². The van der Waals surface area contributed by atoms with Crippen molar-refractivity contribution in [2.24, 2.45) is 4.99 Å². The first-order valence-electron chi connectivity index (χ1n) is 8.67. The first-order chi connectivity index (χ1) is 13.1. The molecule has 1 aromatic heterocycles. The molecule has 0 spiro atoms. The van der Waals surface area contributed by atoms with Crippen LogP contribution in [0.5, 0.6) is 0 Å². The number of thioether (sulfide) groups is 1. The van der Waals surface area contributed by atoms with Gasteiger partial charge in [0.15, 0.2) is 0 Å². The Labute approximate surface area is 173 Å². The number of benzene rings is 1. The molecule has 2 rings (SSSR count). The molecule has 9 heteroatoms. The van der Waals surface area contributed by atoms with E-state index in [9.17, 15) is 13.2 Å². The second-order valence-corrected chi connectivity index (χ2v) is 8.85. The van der Waals surface area contributed by atoms with Crippen LogP contribution >= 0.6 is 30.2 Å². The smallest absolute Gasteiger partial charge is 0.299 e. The lowest BCUT2D eigenvalue weighted by atomic mass is 10.1. The van der Waals surface area contributed by atoms with Gasteiger partial charge in [-0.2, -0.15) is 8.78 Å². The van der Waals surface area contributed by atoms with Crippen LogP contribution in [-0.4, -0.2) is 36.3 Å². The lowest BCUT2D eigenvalue weighted by Gasteiger charge is -2.27. The minimum atomic E-state index is -3.63. The van der Waals surface area contributed by atoms with E-state index in [0.717, 1.165) is 28.8 Å². The quantitative estimate of drug-likeness (QED) is 0.242. The van der Waals surface area contributed by atoms with Crippen LogP contribution in [0.2, 0.25) is 0 Å². The van der Waals surface area contributed by atoms with E-state index in [4.69, 9.17) is 0 Å². The summed E-state index contributed by atoms with van der Waals surface area (Å²) in [6.07, 6.45) is 2.18. The molecule has 2 aromatic rings. The molecule has 3 atom stereocenters. The maximum atomic E-state index is 14.4. The molecule has 0 aliphatic carbocycles.